The Morgan fingerprint density at radius 1 is 1.00 bits per heavy atom. The molecule has 0 atom stereocenters. The molecule has 0 aliphatic carbocycles. The number of carbonyl (C=O) groups excluding carboxylic acids is 1. The van der Waals surface area contributed by atoms with E-state index in [1.165, 1.54) is 0 Å². The van der Waals surface area contributed by atoms with Gasteiger partial charge in [0, 0.05) is 11.0 Å². The number of rotatable bonds is 2. The fraction of sp³-hybridized carbons (Fsp3) is 0.100. The van der Waals surface area contributed by atoms with Crippen LogP contribution in [0.1, 0.15) is 5.56 Å². The van der Waals surface area contributed by atoms with E-state index in [4.69, 9.17) is 0 Å². The van der Waals surface area contributed by atoms with Crippen molar-refractivity contribution in [1.82, 2.24) is 0 Å². The number of carbonyl (C=O) groups is 1. The van der Waals surface area contributed by atoms with E-state index in [0.717, 1.165) is 7.11 Å². The van der Waals surface area contributed by atoms with Gasteiger partial charge in [0.25, 0.3) is 0 Å². The normalized spacial score (nSPS) is 11.6. The van der Waals surface area contributed by atoms with Crippen molar-refractivity contribution >= 4 is 23.5 Å². The topological polar surface area (TPSA) is 26.3 Å². The van der Waals surface area contributed by atoms with Crippen molar-refractivity contribution < 1.29 is 31.5 Å². The van der Waals surface area contributed by atoms with Gasteiger partial charge >= 0.3 is 5.97 Å². The third kappa shape index (κ3) is 2.47. The van der Waals surface area contributed by atoms with Crippen LogP contribution in [0.4, 0.5) is 22.0 Å². The first-order valence-corrected chi connectivity index (χ1v) is 4.76. The largest absolute Gasteiger partial charge is 0.466 e. The van der Waals surface area contributed by atoms with E-state index < -0.39 is 45.5 Å². The van der Waals surface area contributed by atoms with Gasteiger partial charge in [-0.05, 0) is 0 Å². The number of benzene rings is 1. The van der Waals surface area contributed by atoms with E-state index >= 15 is 0 Å². The highest BCUT2D eigenvalue weighted by atomic mass is 32.1. The Morgan fingerprint density at radius 3 is 1.78 bits per heavy atom. The van der Waals surface area contributed by atoms with Crippen LogP contribution in [0.25, 0.3) is 4.91 Å². The van der Waals surface area contributed by atoms with Gasteiger partial charge in [-0.2, -0.15) is 0 Å². The SMILES string of the molecule is COC(=O)/C=C(\S)c1c(F)c(F)c(F)c(F)c1F. The van der Waals surface area contributed by atoms with Crippen molar-refractivity contribution in [2.45, 2.75) is 0 Å². The number of thiol groups is 1. The highest BCUT2D eigenvalue weighted by Gasteiger charge is 2.27. The number of esters is 1. The Hall–Kier alpha value is -1.57. The quantitative estimate of drug-likeness (QED) is 0.226. The molecule has 0 saturated carbocycles. The molecule has 0 N–H and O–H groups in total. The smallest absolute Gasteiger partial charge is 0.331 e. The van der Waals surface area contributed by atoms with Crippen LogP contribution in [-0.4, -0.2) is 13.1 Å². The minimum Gasteiger partial charge on any atom is -0.466 e. The van der Waals surface area contributed by atoms with Gasteiger partial charge in [0.1, 0.15) is 0 Å². The lowest BCUT2D eigenvalue weighted by Gasteiger charge is -2.07. The van der Waals surface area contributed by atoms with Crippen molar-refractivity contribution in [3.63, 3.8) is 0 Å². The fourth-order valence-corrected chi connectivity index (χ4v) is 1.37. The molecule has 0 saturated heterocycles. The molecule has 1 rings (SSSR count). The van der Waals surface area contributed by atoms with E-state index in [0.29, 0.717) is 6.08 Å². The van der Waals surface area contributed by atoms with Crippen molar-refractivity contribution in [2.24, 2.45) is 0 Å². The summed E-state index contributed by atoms with van der Waals surface area (Å²) in [6.07, 6.45) is 0.487. The average Bonchev–Trinajstić information content (AvgIpc) is 2.34. The lowest BCUT2D eigenvalue weighted by atomic mass is 10.1. The molecule has 0 amide bonds. The van der Waals surface area contributed by atoms with Gasteiger partial charge in [0.2, 0.25) is 5.82 Å². The van der Waals surface area contributed by atoms with Crippen LogP contribution in [0, 0.1) is 29.1 Å². The van der Waals surface area contributed by atoms with Crippen LogP contribution in [0.5, 0.6) is 0 Å². The summed E-state index contributed by atoms with van der Waals surface area (Å²) in [7, 11) is 0.971. The molecular weight excluding hydrogens is 279 g/mol. The van der Waals surface area contributed by atoms with Gasteiger partial charge in [0.15, 0.2) is 23.3 Å². The lowest BCUT2D eigenvalue weighted by molar-refractivity contribution is -0.134. The van der Waals surface area contributed by atoms with E-state index in [9.17, 15) is 26.7 Å². The Bertz CT molecular complexity index is 513. The first kappa shape index (κ1) is 14.5. The first-order chi connectivity index (χ1) is 8.31. The lowest BCUT2D eigenvalue weighted by Crippen LogP contribution is -2.06. The Morgan fingerprint density at radius 2 is 1.39 bits per heavy atom. The number of hydrogen-bond donors (Lipinski definition) is 1. The van der Waals surface area contributed by atoms with Crippen LogP contribution in [0.3, 0.4) is 0 Å². The third-order valence-corrected chi connectivity index (χ3v) is 2.27. The van der Waals surface area contributed by atoms with Crippen molar-refractivity contribution in [3.8, 4) is 0 Å². The molecule has 0 spiro atoms. The van der Waals surface area contributed by atoms with Crippen molar-refractivity contribution in [2.75, 3.05) is 7.11 Å². The van der Waals surface area contributed by atoms with E-state index in [1.807, 2.05) is 0 Å². The molecule has 0 radical (unpaired) electrons. The molecule has 0 unspecified atom stereocenters. The van der Waals surface area contributed by atoms with E-state index in [1.54, 1.807) is 0 Å². The summed E-state index contributed by atoms with van der Waals surface area (Å²) in [6, 6.07) is 0. The van der Waals surface area contributed by atoms with Crippen molar-refractivity contribution in [1.29, 1.82) is 0 Å². The molecule has 0 aromatic heterocycles. The predicted molar refractivity (Wildman–Crippen MR) is 55.2 cm³/mol. The summed E-state index contributed by atoms with van der Waals surface area (Å²) in [4.78, 5) is 10.1. The maximum Gasteiger partial charge on any atom is 0.331 e. The van der Waals surface area contributed by atoms with Crippen LogP contribution < -0.4 is 0 Å². The number of hydrogen-bond acceptors (Lipinski definition) is 3. The molecule has 2 nitrogen and oxygen atoms in total. The Labute approximate surface area is 103 Å². The molecule has 0 fully saturated rings. The minimum absolute atomic E-state index is 0.487. The molecule has 1 aromatic carbocycles. The Kier molecular flexibility index (Phi) is 4.33. The second-order valence-electron chi connectivity index (χ2n) is 3.00. The maximum atomic E-state index is 13.2. The van der Waals surface area contributed by atoms with Gasteiger partial charge < -0.3 is 4.74 Å². The Balaban J connectivity index is 3.51. The monoisotopic (exact) mass is 284 g/mol. The molecule has 0 aliphatic rings. The zero-order chi connectivity index (χ0) is 14.0. The van der Waals surface area contributed by atoms with Crippen LogP contribution in [0.2, 0.25) is 0 Å². The molecule has 1 aromatic rings. The molecular formula is C10H5F5O2S. The maximum absolute atomic E-state index is 13.2. The summed E-state index contributed by atoms with van der Waals surface area (Å²) < 4.78 is 69.0. The first-order valence-electron chi connectivity index (χ1n) is 4.31. The predicted octanol–water partition coefficient (Wildman–Crippen LogP) is 2.83. The summed E-state index contributed by atoms with van der Waals surface area (Å²) >= 11 is 3.51. The van der Waals surface area contributed by atoms with Gasteiger partial charge in [-0.1, -0.05) is 0 Å². The van der Waals surface area contributed by atoms with Gasteiger partial charge in [-0.3, -0.25) is 0 Å². The molecule has 18 heavy (non-hydrogen) atoms. The van der Waals surface area contributed by atoms with Gasteiger partial charge in [-0.25, -0.2) is 26.7 Å². The average molecular weight is 284 g/mol. The summed E-state index contributed by atoms with van der Waals surface area (Å²) in [5.74, 6) is -11.7. The molecule has 0 heterocycles. The summed E-state index contributed by atoms with van der Waals surface area (Å²) in [6.45, 7) is 0. The standard InChI is InChI=1S/C10H5F5O2S/c1-17-4(16)2-3(18)5-6(11)8(13)10(15)9(14)7(5)12/h2,18H,1H3/b3-2-. The van der Waals surface area contributed by atoms with Crippen LogP contribution in [-0.2, 0) is 9.53 Å². The zero-order valence-corrected chi connectivity index (χ0v) is 9.63. The van der Waals surface area contributed by atoms with E-state index in [-0.39, 0.29) is 0 Å². The highest BCUT2D eigenvalue weighted by molar-refractivity contribution is 7.90. The second kappa shape index (κ2) is 5.38. The molecule has 8 heteroatoms. The number of methoxy groups -OCH3 is 1. The van der Waals surface area contributed by atoms with Gasteiger partial charge in [-0.15, -0.1) is 12.6 Å². The number of halogens is 5. The second-order valence-corrected chi connectivity index (χ2v) is 3.48. The summed E-state index contributed by atoms with van der Waals surface area (Å²) in [5.41, 5.74) is -1.29. The molecule has 0 bridgehead atoms. The fourth-order valence-electron chi connectivity index (χ4n) is 1.07. The highest BCUT2D eigenvalue weighted by Crippen LogP contribution is 2.30. The third-order valence-electron chi connectivity index (χ3n) is 1.92. The molecule has 0 aliphatic heterocycles. The zero-order valence-electron chi connectivity index (χ0n) is 8.73. The molecule has 98 valence electrons. The van der Waals surface area contributed by atoms with Crippen LogP contribution >= 0.6 is 12.6 Å². The number of ether oxygens (including phenoxy) is 1. The van der Waals surface area contributed by atoms with E-state index in [2.05, 4.69) is 17.4 Å². The summed E-state index contributed by atoms with van der Waals surface area (Å²) in [5, 5.41) is 0. The minimum atomic E-state index is -2.28. The van der Waals surface area contributed by atoms with Crippen LogP contribution in [0.15, 0.2) is 6.08 Å². The van der Waals surface area contributed by atoms with Crippen molar-refractivity contribution in [3.05, 3.63) is 40.7 Å². The van der Waals surface area contributed by atoms with Gasteiger partial charge in [0.05, 0.1) is 12.7 Å².